The highest BCUT2D eigenvalue weighted by molar-refractivity contribution is 5.79. The Morgan fingerprint density at radius 2 is 2.25 bits per heavy atom. The van der Waals surface area contributed by atoms with Gasteiger partial charge < -0.3 is 19.5 Å². The molecule has 126 valence electrons. The maximum Gasteiger partial charge on any atom is 0.246 e. The van der Waals surface area contributed by atoms with Gasteiger partial charge in [-0.15, -0.1) is 0 Å². The molecule has 2 aliphatic rings. The Labute approximate surface area is 139 Å². The van der Waals surface area contributed by atoms with Crippen LogP contribution in [0.2, 0.25) is 0 Å². The molecule has 0 bridgehead atoms. The number of aromatic nitrogens is 2. The molecule has 24 heavy (non-hydrogen) atoms. The van der Waals surface area contributed by atoms with E-state index in [-0.39, 0.29) is 30.6 Å². The van der Waals surface area contributed by atoms with Crippen LogP contribution in [0.3, 0.4) is 0 Å². The minimum Gasteiger partial charge on any atom is -0.366 e. The molecule has 2 saturated heterocycles. The number of fused-ring (bicyclic) bond motifs is 2. The summed E-state index contributed by atoms with van der Waals surface area (Å²) in [6, 6.07) is 7.81. The van der Waals surface area contributed by atoms with E-state index in [9.17, 15) is 9.59 Å². The van der Waals surface area contributed by atoms with Crippen molar-refractivity contribution in [2.75, 3.05) is 19.7 Å². The predicted molar refractivity (Wildman–Crippen MR) is 87.2 cm³/mol. The number of ether oxygens (including phenoxy) is 1. The summed E-state index contributed by atoms with van der Waals surface area (Å²) in [6.07, 6.45) is 3.00. The average Bonchev–Trinajstić information content (AvgIpc) is 3.02. The van der Waals surface area contributed by atoms with Crippen LogP contribution in [0.15, 0.2) is 30.6 Å². The average molecular weight is 328 g/mol. The number of benzene rings is 1. The monoisotopic (exact) mass is 328 g/mol. The van der Waals surface area contributed by atoms with Crippen molar-refractivity contribution in [2.24, 2.45) is 0 Å². The van der Waals surface area contributed by atoms with Gasteiger partial charge in [0.1, 0.15) is 6.61 Å². The highest BCUT2D eigenvalue weighted by atomic mass is 16.5. The second kappa shape index (κ2) is 6.24. The van der Waals surface area contributed by atoms with Crippen LogP contribution in [0.25, 0.3) is 11.0 Å². The Balaban J connectivity index is 1.37. The molecule has 7 nitrogen and oxygen atoms in total. The summed E-state index contributed by atoms with van der Waals surface area (Å²) in [6.45, 7) is 1.94. The number of likely N-dealkylation sites (tertiary alicyclic amines) is 1. The lowest BCUT2D eigenvalue weighted by Gasteiger charge is -2.41. The molecule has 3 heterocycles. The predicted octanol–water partition coefficient (Wildman–Crippen LogP) is 0.542. The van der Waals surface area contributed by atoms with Crippen LogP contribution in [-0.2, 0) is 20.9 Å². The zero-order valence-electron chi connectivity index (χ0n) is 13.4. The highest BCUT2D eigenvalue weighted by Gasteiger charge is 2.36. The Morgan fingerprint density at radius 1 is 1.38 bits per heavy atom. The van der Waals surface area contributed by atoms with Gasteiger partial charge >= 0.3 is 0 Å². The number of morpholine rings is 1. The number of rotatable bonds is 3. The molecule has 1 N–H and O–H groups in total. The molecule has 1 aromatic carbocycles. The van der Waals surface area contributed by atoms with Gasteiger partial charge in [0.25, 0.3) is 0 Å². The third kappa shape index (κ3) is 2.87. The number of carbonyl (C=O) groups excluding carboxylic acids is 2. The molecule has 0 aliphatic carbocycles. The number of para-hydroxylation sites is 2. The summed E-state index contributed by atoms with van der Waals surface area (Å²) >= 11 is 0. The molecule has 2 atom stereocenters. The quantitative estimate of drug-likeness (QED) is 0.892. The smallest absolute Gasteiger partial charge is 0.246 e. The van der Waals surface area contributed by atoms with Crippen molar-refractivity contribution in [3.63, 3.8) is 0 Å². The van der Waals surface area contributed by atoms with E-state index in [2.05, 4.69) is 10.3 Å². The van der Waals surface area contributed by atoms with Gasteiger partial charge in [-0.25, -0.2) is 4.98 Å². The number of imidazole rings is 1. The van der Waals surface area contributed by atoms with Crippen molar-refractivity contribution in [2.45, 2.75) is 31.5 Å². The van der Waals surface area contributed by atoms with Crippen molar-refractivity contribution < 1.29 is 14.3 Å². The number of hydrogen-bond acceptors (Lipinski definition) is 4. The number of hydrogen-bond donors (Lipinski definition) is 1. The van der Waals surface area contributed by atoms with Crippen LogP contribution < -0.4 is 5.32 Å². The van der Waals surface area contributed by atoms with E-state index in [1.165, 1.54) is 0 Å². The second-order valence-electron chi connectivity index (χ2n) is 6.33. The van der Waals surface area contributed by atoms with Crippen molar-refractivity contribution >= 4 is 22.8 Å². The zero-order valence-corrected chi connectivity index (χ0v) is 13.4. The standard InChI is InChI=1S/C17H20N4O3/c22-16-10-24-15-5-7-20(9-13(15)19-16)17(23)6-8-21-11-18-12-3-1-2-4-14(12)21/h1-4,11,13,15H,5-10H2,(H,19,22)/t13-,15-/m0/s1. The zero-order chi connectivity index (χ0) is 16.5. The van der Waals surface area contributed by atoms with Gasteiger partial charge in [0.2, 0.25) is 11.8 Å². The van der Waals surface area contributed by atoms with Gasteiger partial charge in [-0.05, 0) is 18.6 Å². The maximum absolute atomic E-state index is 12.5. The van der Waals surface area contributed by atoms with Crippen molar-refractivity contribution in [1.82, 2.24) is 19.8 Å². The molecule has 7 heteroatoms. The molecule has 1 aromatic heterocycles. The van der Waals surface area contributed by atoms with Crippen molar-refractivity contribution in [1.29, 1.82) is 0 Å². The molecule has 2 amide bonds. The van der Waals surface area contributed by atoms with Gasteiger partial charge in [0.05, 0.1) is 29.5 Å². The second-order valence-corrected chi connectivity index (χ2v) is 6.33. The Kier molecular flexibility index (Phi) is 3.93. The normalized spacial score (nSPS) is 23.8. The van der Waals surface area contributed by atoms with E-state index in [0.29, 0.717) is 26.1 Å². The lowest BCUT2D eigenvalue weighted by molar-refractivity contribution is -0.146. The third-order valence-electron chi connectivity index (χ3n) is 4.77. The fourth-order valence-electron chi connectivity index (χ4n) is 3.49. The van der Waals surface area contributed by atoms with Gasteiger partial charge in [-0.3, -0.25) is 9.59 Å². The number of carbonyl (C=O) groups is 2. The van der Waals surface area contributed by atoms with E-state index in [0.717, 1.165) is 17.5 Å². The molecular weight excluding hydrogens is 308 g/mol. The molecule has 0 saturated carbocycles. The van der Waals surface area contributed by atoms with Crippen LogP contribution in [0.5, 0.6) is 0 Å². The third-order valence-corrected chi connectivity index (χ3v) is 4.77. The van der Waals surface area contributed by atoms with E-state index in [1.54, 1.807) is 6.33 Å². The summed E-state index contributed by atoms with van der Waals surface area (Å²) in [5, 5.41) is 2.92. The molecular formula is C17H20N4O3. The number of amides is 2. The largest absolute Gasteiger partial charge is 0.366 e. The maximum atomic E-state index is 12.5. The summed E-state index contributed by atoms with van der Waals surface area (Å²) < 4.78 is 7.53. The number of piperidine rings is 1. The summed E-state index contributed by atoms with van der Waals surface area (Å²) in [5.74, 6) is 0.00138. The summed E-state index contributed by atoms with van der Waals surface area (Å²) in [7, 11) is 0. The fraction of sp³-hybridized carbons (Fsp3) is 0.471. The van der Waals surface area contributed by atoms with Gasteiger partial charge in [-0.1, -0.05) is 12.1 Å². The molecule has 0 unspecified atom stereocenters. The number of aryl methyl sites for hydroxylation is 1. The lowest BCUT2D eigenvalue weighted by Crippen LogP contribution is -2.61. The molecule has 4 rings (SSSR count). The summed E-state index contributed by atoms with van der Waals surface area (Å²) in [5.41, 5.74) is 1.98. The fourth-order valence-corrected chi connectivity index (χ4v) is 3.49. The first-order chi connectivity index (χ1) is 11.7. The molecule has 0 radical (unpaired) electrons. The van der Waals surface area contributed by atoms with Crippen LogP contribution in [0.1, 0.15) is 12.8 Å². The van der Waals surface area contributed by atoms with Crippen molar-refractivity contribution in [3.8, 4) is 0 Å². The van der Waals surface area contributed by atoms with Crippen LogP contribution in [0.4, 0.5) is 0 Å². The first kappa shape index (κ1) is 15.1. The first-order valence-electron chi connectivity index (χ1n) is 8.29. The molecule has 2 aromatic rings. The Morgan fingerprint density at radius 3 is 3.17 bits per heavy atom. The first-order valence-corrected chi connectivity index (χ1v) is 8.29. The van der Waals surface area contributed by atoms with E-state index in [1.807, 2.05) is 33.7 Å². The Bertz CT molecular complexity index is 772. The van der Waals surface area contributed by atoms with Gasteiger partial charge in [-0.2, -0.15) is 0 Å². The minimum absolute atomic E-state index is 0.0318. The van der Waals surface area contributed by atoms with Crippen LogP contribution in [0, 0.1) is 0 Å². The molecule has 2 fully saturated rings. The Hall–Kier alpha value is -2.41. The topological polar surface area (TPSA) is 76.5 Å². The molecule has 2 aliphatic heterocycles. The minimum atomic E-state index is -0.101. The van der Waals surface area contributed by atoms with Crippen LogP contribution >= 0.6 is 0 Å². The lowest BCUT2D eigenvalue weighted by atomic mass is 10.0. The van der Waals surface area contributed by atoms with Gasteiger partial charge in [0.15, 0.2) is 0 Å². The van der Waals surface area contributed by atoms with Crippen LogP contribution in [-0.4, -0.2) is 58.1 Å². The molecule has 0 spiro atoms. The SMILES string of the molecule is O=C1CO[C@H]2CCN(C(=O)CCn3cnc4ccccc43)C[C@@H]2N1. The number of nitrogens with zero attached hydrogens (tertiary/aromatic N) is 3. The van der Waals surface area contributed by atoms with Crippen molar-refractivity contribution in [3.05, 3.63) is 30.6 Å². The van der Waals surface area contributed by atoms with E-state index < -0.39 is 0 Å². The van der Waals surface area contributed by atoms with E-state index in [4.69, 9.17) is 4.74 Å². The summed E-state index contributed by atoms with van der Waals surface area (Å²) in [4.78, 5) is 30.1. The van der Waals surface area contributed by atoms with Gasteiger partial charge in [0, 0.05) is 26.1 Å². The highest BCUT2D eigenvalue weighted by Crippen LogP contribution is 2.19. The van der Waals surface area contributed by atoms with E-state index >= 15 is 0 Å². The number of nitrogens with one attached hydrogen (secondary N) is 1.